The van der Waals surface area contributed by atoms with E-state index in [1.54, 1.807) is 23.0 Å². The standard InChI is InChI=1S/C18H20N4O3/c1-11(2)10-14-16(23)15(18(25)21-14)17(24)20-12-4-6-13(7-5-12)22-9-3-8-19-22/h3-9,11,21,23,25H,10H2,1-2H3,(H,20,24). The van der Waals surface area contributed by atoms with Crippen molar-refractivity contribution in [2.75, 3.05) is 5.32 Å². The van der Waals surface area contributed by atoms with Crippen LogP contribution >= 0.6 is 0 Å². The summed E-state index contributed by atoms with van der Waals surface area (Å²) < 4.78 is 1.70. The number of benzene rings is 1. The van der Waals surface area contributed by atoms with Crippen LogP contribution in [0.3, 0.4) is 0 Å². The Hall–Kier alpha value is -3.22. The van der Waals surface area contributed by atoms with Gasteiger partial charge in [-0.15, -0.1) is 0 Å². The quantitative estimate of drug-likeness (QED) is 0.573. The molecular formula is C18H20N4O3. The summed E-state index contributed by atoms with van der Waals surface area (Å²) in [5.41, 5.74) is 1.71. The van der Waals surface area contributed by atoms with E-state index in [9.17, 15) is 15.0 Å². The molecule has 2 heterocycles. The number of aromatic nitrogens is 3. The Morgan fingerprint density at radius 3 is 2.60 bits per heavy atom. The minimum Gasteiger partial charge on any atom is -0.505 e. The SMILES string of the molecule is CC(C)Cc1[nH]c(O)c(C(=O)Nc2ccc(-n3cccn3)cc2)c1O. The van der Waals surface area contributed by atoms with Gasteiger partial charge in [0.05, 0.1) is 11.4 Å². The third-order valence-electron chi connectivity index (χ3n) is 3.76. The van der Waals surface area contributed by atoms with Crippen molar-refractivity contribution in [2.24, 2.45) is 5.92 Å². The molecule has 0 aliphatic heterocycles. The highest BCUT2D eigenvalue weighted by Crippen LogP contribution is 2.32. The van der Waals surface area contributed by atoms with Crippen LogP contribution < -0.4 is 5.32 Å². The van der Waals surface area contributed by atoms with E-state index in [1.807, 2.05) is 38.2 Å². The molecule has 0 aliphatic carbocycles. The second-order valence-electron chi connectivity index (χ2n) is 6.23. The number of aromatic hydroxyl groups is 2. The maximum Gasteiger partial charge on any atom is 0.264 e. The number of hydrogen-bond donors (Lipinski definition) is 4. The van der Waals surface area contributed by atoms with Gasteiger partial charge >= 0.3 is 0 Å². The number of hydrogen-bond acceptors (Lipinski definition) is 4. The molecule has 0 aliphatic rings. The Morgan fingerprint density at radius 2 is 2.00 bits per heavy atom. The molecular weight excluding hydrogens is 320 g/mol. The van der Waals surface area contributed by atoms with E-state index in [1.165, 1.54) is 0 Å². The largest absolute Gasteiger partial charge is 0.505 e. The van der Waals surface area contributed by atoms with Gasteiger partial charge in [-0.3, -0.25) is 4.79 Å². The third kappa shape index (κ3) is 3.50. The van der Waals surface area contributed by atoms with Crippen molar-refractivity contribution in [3.63, 3.8) is 0 Å². The zero-order valence-corrected chi connectivity index (χ0v) is 14.0. The van der Waals surface area contributed by atoms with E-state index in [0.717, 1.165) is 5.69 Å². The van der Waals surface area contributed by atoms with Crippen LogP contribution in [0, 0.1) is 5.92 Å². The Labute approximate surface area is 144 Å². The molecule has 1 amide bonds. The Bertz CT molecular complexity index is 865. The van der Waals surface area contributed by atoms with Gasteiger partial charge in [0.15, 0.2) is 5.75 Å². The van der Waals surface area contributed by atoms with Crippen LogP contribution in [0.2, 0.25) is 0 Å². The summed E-state index contributed by atoms with van der Waals surface area (Å²) in [7, 11) is 0. The molecule has 4 N–H and O–H groups in total. The van der Waals surface area contributed by atoms with Crippen LogP contribution in [-0.4, -0.2) is 30.9 Å². The van der Waals surface area contributed by atoms with E-state index in [0.29, 0.717) is 17.8 Å². The van der Waals surface area contributed by atoms with Crippen molar-refractivity contribution in [2.45, 2.75) is 20.3 Å². The van der Waals surface area contributed by atoms with Gasteiger partial charge in [-0.2, -0.15) is 5.10 Å². The molecule has 25 heavy (non-hydrogen) atoms. The van der Waals surface area contributed by atoms with Crippen LogP contribution in [0.15, 0.2) is 42.7 Å². The van der Waals surface area contributed by atoms with Crippen molar-refractivity contribution >= 4 is 11.6 Å². The lowest BCUT2D eigenvalue weighted by Gasteiger charge is -2.07. The van der Waals surface area contributed by atoms with Gasteiger partial charge in [0.25, 0.3) is 5.91 Å². The monoisotopic (exact) mass is 340 g/mol. The second kappa shape index (κ2) is 6.72. The van der Waals surface area contributed by atoms with E-state index >= 15 is 0 Å². The molecule has 0 radical (unpaired) electrons. The van der Waals surface area contributed by atoms with E-state index in [2.05, 4.69) is 15.4 Å². The molecule has 7 nitrogen and oxygen atoms in total. The highest BCUT2D eigenvalue weighted by atomic mass is 16.3. The van der Waals surface area contributed by atoms with Crippen LogP contribution in [-0.2, 0) is 6.42 Å². The van der Waals surface area contributed by atoms with E-state index in [4.69, 9.17) is 0 Å². The summed E-state index contributed by atoms with van der Waals surface area (Å²) in [4.78, 5) is 15.1. The number of carbonyl (C=O) groups excluding carboxylic acids is 1. The number of anilines is 1. The van der Waals surface area contributed by atoms with Crippen molar-refractivity contribution in [3.8, 4) is 17.3 Å². The first-order valence-corrected chi connectivity index (χ1v) is 8.00. The van der Waals surface area contributed by atoms with Gasteiger partial charge < -0.3 is 20.5 Å². The molecule has 3 aromatic rings. The molecule has 0 saturated carbocycles. The fourth-order valence-electron chi connectivity index (χ4n) is 2.61. The molecule has 0 spiro atoms. The average molecular weight is 340 g/mol. The van der Waals surface area contributed by atoms with Crippen molar-refractivity contribution < 1.29 is 15.0 Å². The zero-order chi connectivity index (χ0) is 18.0. The van der Waals surface area contributed by atoms with E-state index in [-0.39, 0.29) is 23.1 Å². The second-order valence-corrected chi connectivity index (χ2v) is 6.23. The zero-order valence-electron chi connectivity index (χ0n) is 14.0. The van der Waals surface area contributed by atoms with Crippen LogP contribution in [0.4, 0.5) is 5.69 Å². The van der Waals surface area contributed by atoms with Gasteiger partial charge in [0, 0.05) is 18.1 Å². The number of nitrogens with one attached hydrogen (secondary N) is 2. The van der Waals surface area contributed by atoms with Crippen LogP contribution in [0.5, 0.6) is 11.6 Å². The number of amides is 1. The van der Waals surface area contributed by atoms with Gasteiger partial charge in [-0.25, -0.2) is 4.68 Å². The molecule has 2 aromatic heterocycles. The maximum atomic E-state index is 12.4. The molecule has 0 fully saturated rings. The number of nitrogens with zero attached hydrogens (tertiary/aromatic N) is 2. The highest BCUT2D eigenvalue weighted by molar-refractivity contribution is 6.08. The first kappa shape index (κ1) is 16.6. The van der Waals surface area contributed by atoms with Crippen LogP contribution in [0.1, 0.15) is 29.9 Å². The van der Waals surface area contributed by atoms with Gasteiger partial charge in [0.2, 0.25) is 5.88 Å². The molecule has 0 unspecified atom stereocenters. The lowest BCUT2D eigenvalue weighted by molar-refractivity contribution is 0.102. The molecule has 130 valence electrons. The number of rotatable bonds is 5. The topological polar surface area (TPSA) is 103 Å². The number of H-pyrrole nitrogens is 1. The fourth-order valence-corrected chi connectivity index (χ4v) is 2.61. The molecule has 0 atom stereocenters. The van der Waals surface area contributed by atoms with Gasteiger partial charge in [0.1, 0.15) is 5.56 Å². The minimum atomic E-state index is -0.576. The lowest BCUT2D eigenvalue weighted by Crippen LogP contribution is -2.11. The highest BCUT2D eigenvalue weighted by Gasteiger charge is 2.23. The summed E-state index contributed by atoms with van der Waals surface area (Å²) >= 11 is 0. The molecule has 7 heteroatoms. The summed E-state index contributed by atoms with van der Waals surface area (Å²) in [6.45, 7) is 3.97. The fraction of sp³-hybridized carbons (Fsp3) is 0.222. The number of aromatic amines is 1. The Balaban J connectivity index is 1.77. The van der Waals surface area contributed by atoms with Crippen molar-refractivity contribution in [1.82, 2.24) is 14.8 Å². The van der Waals surface area contributed by atoms with Gasteiger partial charge in [-0.1, -0.05) is 13.8 Å². The van der Waals surface area contributed by atoms with Crippen LogP contribution in [0.25, 0.3) is 5.69 Å². The third-order valence-corrected chi connectivity index (χ3v) is 3.76. The maximum absolute atomic E-state index is 12.4. The normalized spacial score (nSPS) is 11.0. The summed E-state index contributed by atoms with van der Waals surface area (Å²) in [5, 5.41) is 27.0. The summed E-state index contributed by atoms with van der Waals surface area (Å²) in [6.07, 6.45) is 4.03. The minimum absolute atomic E-state index is 0.146. The summed E-state index contributed by atoms with van der Waals surface area (Å²) in [5.74, 6) is -0.849. The smallest absolute Gasteiger partial charge is 0.264 e. The predicted octanol–water partition coefficient (Wildman–Crippen LogP) is 3.06. The van der Waals surface area contributed by atoms with Crippen molar-refractivity contribution in [1.29, 1.82) is 0 Å². The molecule has 0 saturated heterocycles. The molecule has 1 aromatic carbocycles. The molecule has 3 rings (SSSR count). The predicted molar refractivity (Wildman–Crippen MR) is 94.2 cm³/mol. The lowest BCUT2D eigenvalue weighted by atomic mass is 10.1. The Morgan fingerprint density at radius 1 is 1.28 bits per heavy atom. The first-order valence-electron chi connectivity index (χ1n) is 8.00. The van der Waals surface area contributed by atoms with Gasteiger partial charge in [-0.05, 0) is 42.7 Å². The summed E-state index contributed by atoms with van der Waals surface area (Å²) in [6, 6.07) is 8.89. The van der Waals surface area contributed by atoms with Crippen molar-refractivity contribution in [3.05, 3.63) is 54.0 Å². The average Bonchev–Trinajstić information content (AvgIpc) is 3.17. The first-order chi connectivity index (χ1) is 12.0. The molecule has 0 bridgehead atoms. The number of carbonyl (C=O) groups is 1. The Kier molecular flexibility index (Phi) is 4.47. The van der Waals surface area contributed by atoms with E-state index < -0.39 is 5.91 Å².